The Morgan fingerprint density at radius 3 is 2.37 bits per heavy atom. The molecular formula is C11H23N3O3S2. The van der Waals surface area contributed by atoms with Gasteiger partial charge in [-0.15, -0.1) is 11.8 Å². The van der Waals surface area contributed by atoms with Gasteiger partial charge in [0.25, 0.3) is 0 Å². The van der Waals surface area contributed by atoms with Crippen LogP contribution >= 0.6 is 11.8 Å². The quantitative estimate of drug-likeness (QED) is 0.719. The Morgan fingerprint density at radius 2 is 1.89 bits per heavy atom. The SMILES string of the molecule is CC(CCN)SCC(=O)N1CCN(S(C)(=O)=O)CC1. The first-order valence-electron chi connectivity index (χ1n) is 6.39. The predicted octanol–water partition coefficient (Wildman–Crippen LogP) is -0.439. The number of nitrogens with two attached hydrogens (primary N) is 1. The Kier molecular flexibility index (Phi) is 6.58. The highest BCUT2D eigenvalue weighted by Gasteiger charge is 2.25. The lowest BCUT2D eigenvalue weighted by Crippen LogP contribution is -2.50. The number of carbonyl (C=O) groups is 1. The van der Waals surface area contributed by atoms with Crippen molar-refractivity contribution < 1.29 is 13.2 Å². The molecule has 8 heteroatoms. The van der Waals surface area contributed by atoms with Crippen LogP contribution < -0.4 is 5.73 Å². The molecule has 112 valence electrons. The summed E-state index contributed by atoms with van der Waals surface area (Å²) in [5, 5.41) is 0.381. The molecule has 1 saturated heterocycles. The molecule has 0 spiro atoms. The zero-order chi connectivity index (χ0) is 14.5. The van der Waals surface area contributed by atoms with Crippen LogP contribution in [0.1, 0.15) is 13.3 Å². The van der Waals surface area contributed by atoms with Crippen LogP contribution in [0, 0.1) is 0 Å². The molecule has 0 aromatic rings. The maximum Gasteiger partial charge on any atom is 0.232 e. The van der Waals surface area contributed by atoms with Gasteiger partial charge >= 0.3 is 0 Å². The van der Waals surface area contributed by atoms with Crippen molar-refractivity contribution >= 4 is 27.7 Å². The Labute approximate surface area is 119 Å². The van der Waals surface area contributed by atoms with E-state index in [0.717, 1.165) is 6.42 Å². The highest BCUT2D eigenvalue weighted by molar-refractivity contribution is 8.00. The fourth-order valence-electron chi connectivity index (χ4n) is 1.89. The average molecular weight is 309 g/mol. The Hall–Kier alpha value is -0.310. The molecule has 1 aliphatic rings. The number of nitrogens with zero attached hydrogens (tertiary/aromatic N) is 2. The molecule has 19 heavy (non-hydrogen) atoms. The number of sulfonamides is 1. The van der Waals surface area contributed by atoms with Crippen LogP contribution in [0.2, 0.25) is 0 Å². The lowest BCUT2D eigenvalue weighted by Gasteiger charge is -2.33. The average Bonchev–Trinajstić information content (AvgIpc) is 2.35. The van der Waals surface area contributed by atoms with Gasteiger partial charge in [-0.2, -0.15) is 4.31 Å². The normalized spacial score (nSPS) is 19.4. The summed E-state index contributed by atoms with van der Waals surface area (Å²) in [6.07, 6.45) is 2.11. The third-order valence-electron chi connectivity index (χ3n) is 3.12. The third-order valence-corrected chi connectivity index (χ3v) is 5.65. The zero-order valence-electron chi connectivity index (χ0n) is 11.5. The number of hydrogen-bond donors (Lipinski definition) is 1. The van der Waals surface area contributed by atoms with Gasteiger partial charge in [0.15, 0.2) is 0 Å². The molecule has 0 radical (unpaired) electrons. The van der Waals surface area contributed by atoms with Crippen LogP contribution in [0.3, 0.4) is 0 Å². The Morgan fingerprint density at radius 1 is 1.32 bits per heavy atom. The van der Waals surface area contributed by atoms with Crippen LogP contribution in [0.5, 0.6) is 0 Å². The van der Waals surface area contributed by atoms with Gasteiger partial charge < -0.3 is 10.6 Å². The first kappa shape index (κ1) is 16.7. The Bertz CT molecular complexity index is 392. The summed E-state index contributed by atoms with van der Waals surface area (Å²) in [5.74, 6) is 0.530. The summed E-state index contributed by atoms with van der Waals surface area (Å²) in [6.45, 7) is 4.46. The topological polar surface area (TPSA) is 83.7 Å². The van der Waals surface area contributed by atoms with Crippen molar-refractivity contribution in [2.75, 3.05) is 44.7 Å². The molecular weight excluding hydrogens is 286 g/mol. The van der Waals surface area contributed by atoms with Gasteiger partial charge in [-0.1, -0.05) is 6.92 Å². The minimum Gasteiger partial charge on any atom is -0.339 e. The fraction of sp³-hybridized carbons (Fsp3) is 0.909. The molecule has 0 bridgehead atoms. The van der Waals surface area contributed by atoms with Crippen LogP contribution in [0.15, 0.2) is 0 Å². The van der Waals surface area contributed by atoms with Crippen LogP contribution in [0.25, 0.3) is 0 Å². The van der Waals surface area contributed by atoms with Gasteiger partial charge in [0, 0.05) is 31.4 Å². The largest absolute Gasteiger partial charge is 0.339 e. The second-order valence-corrected chi connectivity index (χ2v) is 8.15. The van der Waals surface area contributed by atoms with Gasteiger partial charge in [0.1, 0.15) is 0 Å². The van der Waals surface area contributed by atoms with E-state index in [2.05, 4.69) is 6.92 Å². The summed E-state index contributed by atoms with van der Waals surface area (Å²) in [6, 6.07) is 0. The van der Waals surface area contributed by atoms with E-state index >= 15 is 0 Å². The number of piperazine rings is 1. The van der Waals surface area contributed by atoms with Crippen LogP contribution in [-0.4, -0.2) is 73.5 Å². The molecule has 0 aliphatic carbocycles. The van der Waals surface area contributed by atoms with E-state index in [4.69, 9.17) is 5.73 Å². The number of thioether (sulfide) groups is 1. The number of amides is 1. The van der Waals surface area contributed by atoms with E-state index in [1.165, 1.54) is 10.6 Å². The third kappa shape index (κ3) is 5.68. The summed E-state index contributed by atoms with van der Waals surface area (Å²) in [5.41, 5.74) is 5.46. The first-order valence-corrected chi connectivity index (χ1v) is 9.29. The molecule has 1 fully saturated rings. The maximum absolute atomic E-state index is 12.0. The predicted molar refractivity (Wildman–Crippen MR) is 78.6 cm³/mol. The monoisotopic (exact) mass is 309 g/mol. The van der Waals surface area contributed by atoms with Gasteiger partial charge in [0.2, 0.25) is 15.9 Å². The minimum absolute atomic E-state index is 0.0852. The second-order valence-electron chi connectivity index (χ2n) is 4.74. The Balaban J connectivity index is 2.33. The molecule has 1 heterocycles. The van der Waals surface area contributed by atoms with Crippen molar-refractivity contribution in [1.29, 1.82) is 0 Å². The highest BCUT2D eigenvalue weighted by atomic mass is 32.2. The summed E-state index contributed by atoms with van der Waals surface area (Å²) >= 11 is 1.61. The smallest absolute Gasteiger partial charge is 0.232 e. The standard InChI is InChI=1S/C11H23N3O3S2/c1-10(3-4-12)18-9-11(15)13-5-7-14(8-6-13)19(2,16)17/h10H,3-9,12H2,1-2H3. The van der Waals surface area contributed by atoms with Crippen LogP contribution in [-0.2, 0) is 14.8 Å². The van der Waals surface area contributed by atoms with E-state index in [-0.39, 0.29) is 5.91 Å². The molecule has 1 atom stereocenters. The van der Waals surface area contributed by atoms with Gasteiger partial charge in [0.05, 0.1) is 12.0 Å². The summed E-state index contributed by atoms with van der Waals surface area (Å²) in [4.78, 5) is 13.7. The van der Waals surface area contributed by atoms with Crippen molar-refractivity contribution in [2.24, 2.45) is 5.73 Å². The van der Waals surface area contributed by atoms with E-state index < -0.39 is 10.0 Å². The van der Waals surface area contributed by atoms with E-state index in [0.29, 0.717) is 43.7 Å². The minimum atomic E-state index is -3.13. The van der Waals surface area contributed by atoms with E-state index in [9.17, 15) is 13.2 Å². The summed E-state index contributed by atoms with van der Waals surface area (Å²) < 4.78 is 24.1. The fourth-order valence-corrected chi connectivity index (χ4v) is 3.63. The van der Waals surface area contributed by atoms with Crippen molar-refractivity contribution in [3.63, 3.8) is 0 Å². The molecule has 0 aromatic carbocycles. The molecule has 1 rings (SSSR count). The lowest BCUT2D eigenvalue weighted by molar-refractivity contribution is -0.129. The molecule has 2 N–H and O–H groups in total. The van der Waals surface area contributed by atoms with E-state index in [1.807, 2.05) is 0 Å². The van der Waals surface area contributed by atoms with Gasteiger partial charge in [-0.25, -0.2) is 8.42 Å². The van der Waals surface area contributed by atoms with Gasteiger partial charge in [-0.3, -0.25) is 4.79 Å². The van der Waals surface area contributed by atoms with Crippen LogP contribution in [0.4, 0.5) is 0 Å². The number of rotatable bonds is 6. The summed E-state index contributed by atoms with van der Waals surface area (Å²) in [7, 11) is -3.13. The van der Waals surface area contributed by atoms with Gasteiger partial charge in [-0.05, 0) is 13.0 Å². The first-order chi connectivity index (χ1) is 8.84. The maximum atomic E-state index is 12.0. The highest BCUT2D eigenvalue weighted by Crippen LogP contribution is 2.15. The molecule has 0 saturated carbocycles. The van der Waals surface area contributed by atoms with Crippen molar-refractivity contribution in [3.05, 3.63) is 0 Å². The molecule has 1 unspecified atom stereocenters. The number of hydrogen-bond acceptors (Lipinski definition) is 5. The molecule has 1 aliphatic heterocycles. The van der Waals surface area contributed by atoms with Crippen molar-refractivity contribution in [2.45, 2.75) is 18.6 Å². The molecule has 0 aromatic heterocycles. The number of carbonyl (C=O) groups excluding carboxylic acids is 1. The second kappa shape index (κ2) is 7.47. The van der Waals surface area contributed by atoms with Crippen molar-refractivity contribution in [3.8, 4) is 0 Å². The van der Waals surface area contributed by atoms with Crippen molar-refractivity contribution in [1.82, 2.24) is 9.21 Å². The molecule has 1 amide bonds. The van der Waals surface area contributed by atoms with E-state index in [1.54, 1.807) is 16.7 Å². The zero-order valence-corrected chi connectivity index (χ0v) is 13.2. The lowest BCUT2D eigenvalue weighted by atomic mass is 10.3. The molecule has 6 nitrogen and oxygen atoms in total.